The SMILES string of the molecule is CCCC1CCCCCCCCc2cncnc21. The molecule has 0 fully saturated rings. The molecule has 0 N–H and O–H groups in total. The van der Waals surface area contributed by atoms with Gasteiger partial charge >= 0.3 is 0 Å². The first kappa shape index (κ1) is 13.5. The lowest BCUT2D eigenvalue weighted by atomic mass is 9.90. The molecule has 100 valence electrons. The number of nitrogens with zero attached hydrogens (tertiary/aromatic N) is 2. The first-order valence-corrected chi connectivity index (χ1v) is 7.70. The summed E-state index contributed by atoms with van der Waals surface area (Å²) in [6.45, 7) is 2.28. The minimum Gasteiger partial charge on any atom is -0.245 e. The van der Waals surface area contributed by atoms with Crippen molar-refractivity contribution >= 4 is 0 Å². The van der Waals surface area contributed by atoms with Crippen molar-refractivity contribution in [2.75, 3.05) is 0 Å². The van der Waals surface area contributed by atoms with Crippen molar-refractivity contribution in [2.24, 2.45) is 0 Å². The summed E-state index contributed by atoms with van der Waals surface area (Å²) >= 11 is 0. The maximum absolute atomic E-state index is 4.61. The van der Waals surface area contributed by atoms with Crippen LogP contribution in [-0.4, -0.2) is 9.97 Å². The van der Waals surface area contributed by atoms with Crippen LogP contribution in [0.25, 0.3) is 0 Å². The van der Waals surface area contributed by atoms with Crippen LogP contribution in [0.4, 0.5) is 0 Å². The lowest BCUT2D eigenvalue weighted by molar-refractivity contribution is 0.507. The molecule has 0 radical (unpaired) electrons. The highest BCUT2D eigenvalue weighted by Gasteiger charge is 2.16. The first-order valence-electron chi connectivity index (χ1n) is 7.70. The number of hydrogen-bond donors (Lipinski definition) is 0. The lowest BCUT2D eigenvalue weighted by Gasteiger charge is -2.18. The molecule has 1 aromatic heterocycles. The molecular formula is C16H26N2. The van der Waals surface area contributed by atoms with Crippen LogP contribution in [0.15, 0.2) is 12.5 Å². The number of fused-ring (bicyclic) bond motifs is 1. The van der Waals surface area contributed by atoms with Crippen LogP contribution in [0, 0.1) is 0 Å². The van der Waals surface area contributed by atoms with Crippen molar-refractivity contribution in [2.45, 2.75) is 77.0 Å². The van der Waals surface area contributed by atoms with Gasteiger partial charge in [-0.15, -0.1) is 0 Å². The molecule has 0 bridgehead atoms. The second kappa shape index (κ2) is 7.50. The lowest BCUT2D eigenvalue weighted by Crippen LogP contribution is -2.06. The normalized spacial score (nSPS) is 21.9. The van der Waals surface area contributed by atoms with Crippen LogP contribution in [-0.2, 0) is 6.42 Å². The first-order chi connectivity index (χ1) is 8.92. The maximum Gasteiger partial charge on any atom is 0.115 e. The molecule has 1 heterocycles. The summed E-state index contributed by atoms with van der Waals surface area (Å²) in [7, 11) is 0. The zero-order valence-electron chi connectivity index (χ0n) is 11.7. The van der Waals surface area contributed by atoms with E-state index < -0.39 is 0 Å². The average Bonchev–Trinajstić information content (AvgIpc) is 2.44. The van der Waals surface area contributed by atoms with Gasteiger partial charge in [-0.1, -0.05) is 45.4 Å². The second-order valence-corrected chi connectivity index (χ2v) is 5.58. The van der Waals surface area contributed by atoms with Crippen LogP contribution in [0.2, 0.25) is 0 Å². The van der Waals surface area contributed by atoms with E-state index >= 15 is 0 Å². The Morgan fingerprint density at radius 3 is 2.72 bits per heavy atom. The van der Waals surface area contributed by atoms with E-state index in [0.717, 1.165) is 0 Å². The van der Waals surface area contributed by atoms with Gasteiger partial charge in [0, 0.05) is 12.1 Å². The van der Waals surface area contributed by atoms with E-state index in [1.165, 1.54) is 75.5 Å². The Bertz CT molecular complexity index is 349. The Morgan fingerprint density at radius 1 is 1.11 bits per heavy atom. The molecule has 0 saturated heterocycles. The number of aryl methyl sites for hydroxylation is 1. The molecule has 0 aliphatic heterocycles. The van der Waals surface area contributed by atoms with E-state index in [0.29, 0.717) is 5.92 Å². The molecule has 0 spiro atoms. The topological polar surface area (TPSA) is 25.8 Å². The zero-order chi connectivity index (χ0) is 12.6. The minimum absolute atomic E-state index is 0.672. The molecule has 1 aromatic rings. The van der Waals surface area contributed by atoms with Crippen LogP contribution in [0.1, 0.15) is 81.9 Å². The fourth-order valence-corrected chi connectivity index (χ4v) is 3.11. The van der Waals surface area contributed by atoms with Gasteiger partial charge in [-0.25, -0.2) is 9.97 Å². The van der Waals surface area contributed by atoms with E-state index in [1.54, 1.807) is 6.33 Å². The van der Waals surface area contributed by atoms with Gasteiger partial charge in [0.1, 0.15) is 6.33 Å². The zero-order valence-corrected chi connectivity index (χ0v) is 11.7. The molecule has 1 aliphatic carbocycles. The summed E-state index contributed by atoms with van der Waals surface area (Å²) in [6.07, 6.45) is 17.1. The van der Waals surface area contributed by atoms with Gasteiger partial charge in [-0.3, -0.25) is 0 Å². The van der Waals surface area contributed by atoms with Crippen LogP contribution >= 0.6 is 0 Å². The third kappa shape index (κ3) is 3.79. The highest BCUT2D eigenvalue weighted by atomic mass is 14.8. The number of rotatable bonds is 2. The molecule has 1 atom stereocenters. The van der Waals surface area contributed by atoms with Crippen molar-refractivity contribution in [3.63, 3.8) is 0 Å². The molecule has 1 unspecified atom stereocenters. The minimum atomic E-state index is 0.672. The predicted octanol–water partition coefficient (Wildman–Crippen LogP) is 4.65. The molecule has 18 heavy (non-hydrogen) atoms. The van der Waals surface area contributed by atoms with Crippen LogP contribution in [0.3, 0.4) is 0 Å². The van der Waals surface area contributed by atoms with Gasteiger partial charge in [-0.05, 0) is 31.2 Å². The van der Waals surface area contributed by atoms with E-state index in [1.807, 2.05) is 0 Å². The largest absolute Gasteiger partial charge is 0.245 e. The molecule has 2 heteroatoms. The fourth-order valence-electron chi connectivity index (χ4n) is 3.11. The van der Waals surface area contributed by atoms with Crippen molar-refractivity contribution in [1.29, 1.82) is 0 Å². The van der Waals surface area contributed by atoms with Crippen LogP contribution in [0.5, 0.6) is 0 Å². The van der Waals surface area contributed by atoms with Gasteiger partial charge in [0.25, 0.3) is 0 Å². The maximum atomic E-state index is 4.61. The van der Waals surface area contributed by atoms with E-state index in [4.69, 9.17) is 0 Å². The molecule has 1 aliphatic rings. The Morgan fingerprint density at radius 2 is 1.89 bits per heavy atom. The Labute approximate surface area is 111 Å². The highest BCUT2D eigenvalue weighted by Crippen LogP contribution is 2.29. The monoisotopic (exact) mass is 246 g/mol. The number of aromatic nitrogens is 2. The summed E-state index contributed by atoms with van der Waals surface area (Å²) < 4.78 is 0. The standard InChI is InChI=1S/C16H26N2/c1-2-9-14-10-7-5-3-4-6-8-11-15-12-17-13-18-16(14)15/h12-14H,2-11H2,1H3. The predicted molar refractivity (Wildman–Crippen MR) is 75.7 cm³/mol. The van der Waals surface area contributed by atoms with E-state index in [-0.39, 0.29) is 0 Å². The van der Waals surface area contributed by atoms with Gasteiger partial charge in [0.15, 0.2) is 0 Å². The van der Waals surface area contributed by atoms with Crippen molar-refractivity contribution in [3.05, 3.63) is 23.8 Å². The van der Waals surface area contributed by atoms with Gasteiger partial charge in [0.2, 0.25) is 0 Å². The number of hydrogen-bond acceptors (Lipinski definition) is 2. The van der Waals surface area contributed by atoms with Gasteiger partial charge < -0.3 is 0 Å². The summed E-state index contributed by atoms with van der Waals surface area (Å²) in [5, 5.41) is 0. The molecule has 0 amide bonds. The third-order valence-electron chi connectivity index (χ3n) is 4.10. The quantitative estimate of drug-likeness (QED) is 0.759. The molecule has 2 rings (SSSR count). The van der Waals surface area contributed by atoms with Crippen molar-refractivity contribution in [1.82, 2.24) is 9.97 Å². The van der Waals surface area contributed by atoms with Crippen LogP contribution < -0.4 is 0 Å². The molecular weight excluding hydrogens is 220 g/mol. The van der Waals surface area contributed by atoms with Crippen molar-refractivity contribution < 1.29 is 0 Å². The fraction of sp³-hybridized carbons (Fsp3) is 0.750. The Hall–Kier alpha value is -0.920. The van der Waals surface area contributed by atoms with Gasteiger partial charge in [-0.2, -0.15) is 0 Å². The second-order valence-electron chi connectivity index (χ2n) is 5.58. The third-order valence-corrected chi connectivity index (χ3v) is 4.10. The molecule has 0 aromatic carbocycles. The smallest absolute Gasteiger partial charge is 0.115 e. The Kier molecular flexibility index (Phi) is 5.63. The summed E-state index contributed by atoms with van der Waals surface area (Å²) in [5.41, 5.74) is 2.77. The van der Waals surface area contributed by atoms with Gasteiger partial charge in [0.05, 0.1) is 5.69 Å². The summed E-state index contributed by atoms with van der Waals surface area (Å²) in [6, 6.07) is 0. The van der Waals surface area contributed by atoms with E-state index in [9.17, 15) is 0 Å². The summed E-state index contributed by atoms with van der Waals surface area (Å²) in [4.78, 5) is 8.84. The summed E-state index contributed by atoms with van der Waals surface area (Å²) in [5.74, 6) is 0.672. The molecule has 0 saturated carbocycles. The Balaban J connectivity index is 2.17. The van der Waals surface area contributed by atoms with E-state index in [2.05, 4.69) is 23.1 Å². The average molecular weight is 246 g/mol. The van der Waals surface area contributed by atoms with Crippen molar-refractivity contribution in [3.8, 4) is 0 Å². The highest BCUT2D eigenvalue weighted by molar-refractivity contribution is 5.20. The molecule has 2 nitrogen and oxygen atoms in total.